The van der Waals surface area contributed by atoms with Crippen LogP contribution < -0.4 is 10.1 Å². The van der Waals surface area contributed by atoms with Gasteiger partial charge in [0, 0.05) is 37.9 Å². The Balaban J connectivity index is 1.50. The van der Waals surface area contributed by atoms with Crippen LogP contribution in [-0.4, -0.2) is 35.6 Å². The summed E-state index contributed by atoms with van der Waals surface area (Å²) in [5, 5.41) is 3.33. The molecule has 3 rings (SSSR count). The maximum Gasteiger partial charge on any atom is 0.149 e. The third kappa shape index (κ3) is 4.45. The average molecular weight is 329 g/mol. The molecule has 1 saturated heterocycles. The van der Waals surface area contributed by atoms with Crippen LogP contribution in [0.2, 0.25) is 0 Å². The summed E-state index contributed by atoms with van der Waals surface area (Å²) in [5.74, 6) is 0.322. The molecule has 0 bridgehead atoms. The molecule has 1 aromatic carbocycles. The van der Waals surface area contributed by atoms with Crippen molar-refractivity contribution in [1.82, 2.24) is 9.88 Å². The molecule has 0 saturated carbocycles. The van der Waals surface area contributed by atoms with Crippen molar-refractivity contribution in [2.45, 2.75) is 32.4 Å². The Morgan fingerprint density at radius 2 is 2.08 bits per heavy atom. The highest BCUT2D eigenvalue weighted by atomic mass is 19.1. The van der Waals surface area contributed by atoms with Gasteiger partial charge in [0.05, 0.1) is 18.0 Å². The topological polar surface area (TPSA) is 37.4 Å². The Morgan fingerprint density at radius 3 is 2.75 bits per heavy atom. The molecular weight excluding hydrogens is 305 g/mol. The van der Waals surface area contributed by atoms with Crippen LogP contribution in [0.4, 0.5) is 10.1 Å². The van der Waals surface area contributed by atoms with E-state index in [1.807, 2.05) is 31.3 Å². The van der Waals surface area contributed by atoms with Crippen LogP contribution in [0.15, 0.2) is 42.6 Å². The minimum Gasteiger partial charge on any atom is -0.494 e. The zero-order chi connectivity index (χ0) is 16.8. The fraction of sp³-hybridized carbons (Fsp3) is 0.421. The van der Waals surface area contributed by atoms with Gasteiger partial charge in [0.25, 0.3) is 0 Å². The van der Waals surface area contributed by atoms with Crippen LogP contribution >= 0.6 is 0 Å². The highest BCUT2D eigenvalue weighted by molar-refractivity contribution is 5.48. The van der Waals surface area contributed by atoms with Crippen LogP contribution in [0.25, 0.3) is 0 Å². The van der Waals surface area contributed by atoms with Crippen molar-refractivity contribution in [2.75, 3.05) is 25.0 Å². The quantitative estimate of drug-likeness (QED) is 0.877. The number of halogens is 1. The first-order valence-corrected chi connectivity index (χ1v) is 8.55. The Kier molecular flexibility index (Phi) is 5.64. The SMILES string of the molecule is CCOc1ccc(NC2CCN(Cc3ccccn3)CC2)c(F)c1. The van der Waals surface area contributed by atoms with Crippen LogP contribution in [0.1, 0.15) is 25.5 Å². The second-order valence-electron chi connectivity index (χ2n) is 6.09. The summed E-state index contributed by atoms with van der Waals surface area (Å²) in [6.07, 6.45) is 3.83. The summed E-state index contributed by atoms with van der Waals surface area (Å²) in [7, 11) is 0. The summed E-state index contributed by atoms with van der Waals surface area (Å²) in [4.78, 5) is 6.77. The summed E-state index contributed by atoms with van der Waals surface area (Å²) < 4.78 is 19.5. The molecule has 24 heavy (non-hydrogen) atoms. The third-order valence-corrected chi connectivity index (χ3v) is 4.31. The lowest BCUT2D eigenvalue weighted by Gasteiger charge is -2.32. The lowest BCUT2D eigenvalue weighted by atomic mass is 10.0. The maximum atomic E-state index is 14.1. The Morgan fingerprint density at radius 1 is 1.25 bits per heavy atom. The summed E-state index contributed by atoms with van der Waals surface area (Å²) >= 11 is 0. The van der Waals surface area contributed by atoms with Gasteiger partial charge >= 0.3 is 0 Å². The second-order valence-corrected chi connectivity index (χ2v) is 6.09. The van der Waals surface area contributed by atoms with Gasteiger partial charge in [0.1, 0.15) is 11.6 Å². The normalized spacial score (nSPS) is 16.1. The van der Waals surface area contributed by atoms with Crippen molar-refractivity contribution in [3.63, 3.8) is 0 Å². The number of hydrogen-bond acceptors (Lipinski definition) is 4. The van der Waals surface area contributed by atoms with Gasteiger partial charge in [-0.15, -0.1) is 0 Å². The van der Waals surface area contributed by atoms with E-state index in [2.05, 4.69) is 21.3 Å². The molecular formula is C19H24FN3O. The molecule has 1 aliphatic rings. The molecule has 0 aliphatic carbocycles. The molecule has 1 N–H and O–H groups in total. The van der Waals surface area contributed by atoms with E-state index in [1.54, 1.807) is 6.07 Å². The Hall–Kier alpha value is -2.14. The smallest absolute Gasteiger partial charge is 0.149 e. The Labute approximate surface area is 142 Å². The molecule has 1 fully saturated rings. The largest absolute Gasteiger partial charge is 0.494 e. The van der Waals surface area contributed by atoms with Gasteiger partial charge in [-0.3, -0.25) is 9.88 Å². The van der Waals surface area contributed by atoms with Crippen LogP contribution in [0, 0.1) is 5.82 Å². The zero-order valence-corrected chi connectivity index (χ0v) is 14.0. The lowest BCUT2D eigenvalue weighted by molar-refractivity contribution is 0.209. The zero-order valence-electron chi connectivity index (χ0n) is 14.0. The molecule has 0 unspecified atom stereocenters. The number of anilines is 1. The number of piperidine rings is 1. The van der Waals surface area contributed by atoms with E-state index in [1.165, 1.54) is 6.07 Å². The fourth-order valence-corrected chi connectivity index (χ4v) is 3.05. The van der Waals surface area contributed by atoms with Crippen LogP contribution in [0.5, 0.6) is 5.75 Å². The van der Waals surface area contributed by atoms with Gasteiger partial charge in [-0.05, 0) is 44.0 Å². The first kappa shape index (κ1) is 16.7. The van der Waals surface area contributed by atoms with E-state index in [0.717, 1.165) is 38.2 Å². The van der Waals surface area contributed by atoms with Crippen molar-refractivity contribution in [3.8, 4) is 5.75 Å². The minimum atomic E-state index is -0.253. The van der Waals surface area contributed by atoms with Crippen molar-refractivity contribution in [3.05, 3.63) is 54.1 Å². The average Bonchev–Trinajstić information content (AvgIpc) is 2.60. The van der Waals surface area contributed by atoms with E-state index in [4.69, 9.17) is 4.74 Å². The number of pyridine rings is 1. The lowest BCUT2D eigenvalue weighted by Crippen LogP contribution is -2.38. The molecule has 128 valence electrons. The second kappa shape index (κ2) is 8.11. The van der Waals surface area contributed by atoms with E-state index in [9.17, 15) is 4.39 Å². The van der Waals surface area contributed by atoms with E-state index in [-0.39, 0.29) is 5.82 Å². The summed E-state index contributed by atoms with van der Waals surface area (Å²) in [6, 6.07) is 11.3. The van der Waals surface area contributed by atoms with Gasteiger partial charge in [0.15, 0.2) is 0 Å². The number of rotatable bonds is 6. The molecule has 1 aliphatic heterocycles. The summed E-state index contributed by atoms with van der Waals surface area (Å²) in [6.45, 7) is 5.30. The number of hydrogen-bond donors (Lipinski definition) is 1. The predicted octanol–water partition coefficient (Wildman–Crippen LogP) is 3.70. The van der Waals surface area contributed by atoms with E-state index >= 15 is 0 Å². The van der Waals surface area contributed by atoms with Gasteiger partial charge in [-0.1, -0.05) is 6.07 Å². The van der Waals surface area contributed by atoms with Crippen LogP contribution in [-0.2, 0) is 6.54 Å². The molecule has 0 spiro atoms. The monoisotopic (exact) mass is 329 g/mol. The van der Waals surface area contributed by atoms with E-state index < -0.39 is 0 Å². The Bertz CT molecular complexity index is 642. The van der Waals surface area contributed by atoms with Crippen molar-refractivity contribution in [2.24, 2.45) is 0 Å². The number of ether oxygens (including phenoxy) is 1. The molecule has 0 radical (unpaired) electrons. The van der Waals surface area contributed by atoms with Gasteiger partial charge in [-0.25, -0.2) is 4.39 Å². The molecule has 2 aromatic rings. The highest BCUT2D eigenvalue weighted by Gasteiger charge is 2.20. The fourth-order valence-electron chi connectivity index (χ4n) is 3.05. The van der Waals surface area contributed by atoms with Crippen molar-refractivity contribution < 1.29 is 9.13 Å². The summed E-state index contributed by atoms with van der Waals surface area (Å²) in [5.41, 5.74) is 1.66. The van der Waals surface area contributed by atoms with Crippen molar-refractivity contribution >= 4 is 5.69 Å². The molecule has 1 aromatic heterocycles. The number of nitrogens with one attached hydrogen (secondary N) is 1. The number of benzene rings is 1. The predicted molar refractivity (Wildman–Crippen MR) is 93.7 cm³/mol. The molecule has 0 atom stereocenters. The first-order valence-electron chi connectivity index (χ1n) is 8.55. The number of likely N-dealkylation sites (tertiary alicyclic amines) is 1. The first-order chi connectivity index (χ1) is 11.7. The number of aromatic nitrogens is 1. The maximum absolute atomic E-state index is 14.1. The van der Waals surface area contributed by atoms with Crippen LogP contribution in [0.3, 0.4) is 0 Å². The van der Waals surface area contributed by atoms with E-state index in [0.29, 0.717) is 24.1 Å². The minimum absolute atomic E-state index is 0.253. The van der Waals surface area contributed by atoms with Gasteiger partial charge < -0.3 is 10.1 Å². The number of nitrogens with zero attached hydrogens (tertiary/aromatic N) is 2. The molecule has 2 heterocycles. The van der Waals surface area contributed by atoms with Crippen molar-refractivity contribution in [1.29, 1.82) is 0 Å². The molecule has 4 nitrogen and oxygen atoms in total. The van der Waals surface area contributed by atoms with Gasteiger partial charge in [-0.2, -0.15) is 0 Å². The van der Waals surface area contributed by atoms with Gasteiger partial charge in [0.2, 0.25) is 0 Å². The molecule has 5 heteroatoms. The molecule has 0 amide bonds. The highest BCUT2D eigenvalue weighted by Crippen LogP contribution is 2.24. The third-order valence-electron chi connectivity index (χ3n) is 4.31. The standard InChI is InChI=1S/C19H24FN3O/c1-2-24-17-6-7-19(18(20)13-17)22-15-8-11-23(12-9-15)14-16-5-3-4-10-21-16/h3-7,10,13,15,22H,2,8-9,11-12,14H2,1H3.